The van der Waals surface area contributed by atoms with Gasteiger partial charge in [-0.3, -0.25) is 4.55 Å². The van der Waals surface area contributed by atoms with Gasteiger partial charge in [-0.1, -0.05) is 0 Å². The summed E-state index contributed by atoms with van der Waals surface area (Å²) in [6.45, 7) is -1.42. The van der Waals surface area contributed by atoms with Gasteiger partial charge in [0.15, 0.2) is 6.61 Å². The molecule has 0 fully saturated rings. The van der Waals surface area contributed by atoms with Crippen molar-refractivity contribution in [1.82, 2.24) is 0 Å². The number of ether oxygens (including phenoxy) is 1. The minimum absolute atomic E-state index is 0.101. The molecule has 4 nitrogen and oxygen atoms in total. The van der Waals surface area contributed by atoms with Crippen molar-refractivity contribution in [1.29, 1.82) is 0 Å². The van der Waals surface area contributed by atoms with Crippen molar-refractivity contribution in [2.75, 3.05) is 6.61 Å². The van der Waals surface area contributed by atoms with Gasteiger partial charge in [-0.05, 0) is 46.9 Å². The summed E-state index contributed by atoms with van der Waals surface area (Å²) in [7, 11) is -5.44. The van der Waals surface area contributed by atoms with E-state index >= 15 is 0 Å². The first-order valence-corrected chi connectivity index (χ1v) is 6.47. The molecule has 0 aliphatic carbocycles. The van der Waals surface area contributed by atoms with Crippen LogP contribution < -0.4 is 4.74 Å². The van der Waals surface area contributed by atoms with Crippen LogP contribution in [0.25, 0.3) is 0 Å². The molecule has 0 radical (unpaired) electrons. The van der Waals surface area contributed by atoms with E-state index in [4.69, 9.17) is 4.55 Å². The van der Waals surface area contributed by atoms with Gasteiger partial charge in [-0.15, -0.1) is 0 Å². The molecule has 0 bridgehead atoms. The summed E-state index contributed by atoms with van der Waals surface area (Å²) in [5, 5.41) is -4.31. The number of rotatable bonds is 4. The predicted octanol–water partition coefficient (Wildman–Crippen LogP) is 2.15. The normalized spacial score (nSPS) is 12.5. The van der Waals surface area contributed by atoms with E-state index in [1.54, 1.807) is 12.1 Å². The second-order valence-electron chi connectivity index (χ2n) is 2.85. The molecule has 8 heteroatoms. The highest BCUT2D eigenvalue weighted by Crippen LogP contribution is 2.22. The lowest BCUT2D eigenvalue weighted by molar-refractivity contribution is 0.0288. The fourth-order valence-electron chi connectivity index (χ4n) is 0.773. The van der Waals surface area contributed by atoms with Gasteiger partial charge in [0.2, 0.25) is 0 Å². The molecule has 90 valence electrons. The molecular formula is C8H7F2IO4S. The van der Waals surface area contributed by atoms with Crippen molar-refractivity contribution < 1.29 is 26.5 Å². The molecule has 0 atom stereocenters. The topological polar surface area (TPSA) is 63.6 Å². The third-order valence-corrected chi connectivity index (χ3v) is 3.19. The third-order valence-electron chi connectivity index (χ3n) is 1.60. The zero-order valence-corrected chi connectivity index (χ0v) is 10.7. The molecule has 1 aromatic rings. The van der Waals surface area contributed by atoms with E-state index in [2.05, 4.69) is 4.74 Å². The van der Waals surface area contributed by atoms with Crippen molar-refractivity contribution in [2.24, 2.45) is 0 Å². The van der Waals surface area contributed by atoms with Crippen LogP contribution in [0.1, 0.15) is 0 Å². The monoisotopic (exact) mass is 364 g/mol. The van der Waals surface area contributed by atoms with Crippen molar-refractivity contribution in [3.63, 3.8) is 0 Å². The molecule has 0 amide bonds. The van der Waals surface area contributed by atoms with E-state index in [0.29, 0.717) is 0 Å². The Bertz CT molecular complexity index is 457. The summed E-state index contributed by atoms with van der Waals surface area (Å²) in [6, 6.07) is 6.06. The maximum Gasteiger partial charge on any atom is 0.402 e. The minimum atomic E-state index is -5.44. The summed E-state index contributed by atoms with van der Waals surface area (Å²) in [5.74, 6) is 0.101. The van der Waals surface area contributed by atoms with Crippen LogP contribution in [0.15, 0.2) is 24.3 Å². The maximum atomic E-state index is 12.7. The van der Waals surface area contributed by atoms with E-state index in [9.17, 15) is 17.2 Å². The van der Waals surface area contributed by atoms with Crippen LogP contribution in [0.4, 0.5) is 8.78 Å². The lowest BCUT2D eigenvalue weighted by Crippen LogP contribution is -2.34. The molecule has 0 saturated carbocycles. The largest absolute Gasteiger partial charge is 0.486 e. The summed E-state index contributed by atoms with van der Waals surface area (Å²) >= 11 is 2.01. The van der Waals surface area contributed by atoms with Crippen LogP contribution in [-0.4, -0.2) is 24.8 Å². The smallest absolute Gasteiger partial charge is 0.402 e. The molecular weight excluding hydrogens is 357 g/mol. The highest BCUT2D eigenvalue weighted by molar-refractivity contribution is 14.1. The number of alkyl halides is 2. The summed E-state index contributed by atoms with van der Waals surface area (Å²) in [5.41, 5.74) is 0. The number of benzene rings is 1. The number of hydrogen-bond donors (Lipinski definition) is 1. The predicted molar refractivity (Wildman–Crippen MR) is 61.1 cm³/mol. The number of halogens is 3. The zero-order valence-electron chi connectivity index (χ0n) is 7.73. The Morgan fingerprint density at radius 2 is 1.81 bits per heavy atom. The van der Waals surface area contributed by atoms with Gasteiger partial charge in [0.1, 0.15) is 5.75 Å². The molecule has 0 spiro atoms. The molecule has 1 aromatic carbocycles. The summed E-state index contributed by atoms with van der Waals surface area (Å²) in [4.78, 5) is 0. The lowest BCUT2D eigenvalue weighted by atomic mass is 10.3. The molecule has 0 aliphatic heterocycles. The van der Waals surface area contributed by atoms with E-state index < -0.39 is 22.0 Å². The van der Waals surface area contributed by atoms with Crippen molar-refractivity contribution in [2.45, 2.75) is 5.25 Å². The van der Waals surface area contributed by atoms with E-state index in [0.717, 1.165) is 3.57 Å². The average Bonchev–Trinajstić information content (AvgIpc) is 2.15. The van der Waals surface area contributed by atoms with Gasteiger partial charge in [-0.2, -0.15) is 17.2 Å². The van der Waals surface area contributed by atoms with E-state index in [1.165, 1.54) is 12.1 Å². The average molecular weight is 364 g/mol. The molecule has 0 aliphatic rings. The highest BCUT2D eigenvalue weighted by atomic mass is 127. The van der Waals surface area contributed by atoms with Crippen LogP contribution in [0.3, 0.4) is 0 Å². The zero-order chi connectivity index (χ0) is 12.4. The third kappa shape index (κ3) is 3.52. The van der Waals surface area contributed by atoms with Gasteiger partial charge < -0.3 is 4.74 Å². The van der Waals surface area contributed by atoms with Crippen molar-refractivity contribution in [3.05, 3.63) is 27.8 Å². The Morgan fingerprint density at radius 3 is 2.25 bits per heavy atom. The van der Waals surface area contributed by atoms with Crippen LogP contribution in [0.5, 0.6) is 5.75 Å². The first kappa shape index (κ1) is 13.6. The highest BCUT2D eigenvalue weighted by Gasteiger charge is 2.45. The van der Waals surface area contributed by atoms with Crippen molar-refractivity contribution >= 4 is 32.7 Å². The van der Waals surface area contributed by atoms with Crippen LogP contribution >= 0.6 is 22.6 Å². The Hall–Kier alpha value is -0.480. The SMILES string of the molecule is O=S(=O)(O)C(F)(F)COc1ccc(I)cc1. The molecule has 1 rings (SSSR count). The van der Waals surface area contributed by atoms with Crippen LogP contribution in [0.2, 0.25) is 0 Å². The van der Waals surface area contributed by atoms with Gasteiger partial charge >= 0.3 is 15.4 Å². The molecule has 0 heterocycles. The number of hydrogen-bond acceptors (Lipinski definition) is 3. The quantitative estimate of drug-likeness (QED) is 0.657. The first-order chi connectivity index (χ1) is 7.22. The lowest BCUT2D eigenvalue weighted by Gasteiger charge is -2.13. The van der Waals surface area contributed by atoms with Gasteiger partial charge in [0, 0.05) is 3.57 Å². The first-order valence-electron chi connectivity index (χ1n) is 3.95. The summed E-state index contributed by atoms with van der Waals surface area (Å²) < 4.78 is 59.6. The van der Waals surface area contributed by atoms with Crippen molar-refractivity contribution in [3.8, 4) is 5.75 Å². The molecule has 0 saturated heterocycles. The Kier molecular flexibility index (Phi) is 4.07. The Balaban J connectivity index is 2.68. The molecule has 0 aromatic heterocycles. The molecule has 1 N–H and O–H groups in total. The minimum Gasteiger partial charge on any atom is -0.486 e. The van der Waals surface area contributed by atoms with E-state index in [-0.39, 0.29) is 5.75 Å². The standard InChI is InChI=1S/C8H7F2IO4S/c9-8(10,16(12,13)14)5-15-7-3-1-6(11)2-4-7/h1-4H,5H2,(H,12,13,14). The maximum absolute atomic E-state index is 12.7. The second kappa shape index (κ2) is 4.80. The van der Waals surface area contributed by atoms with Gasteiger partial charge in [0.25, 0.3) is 0 Å². The van der Waals surface area contributed by atoms with Gasteiger partial charge in [-0.25, -0.2) is 0 Å². The van der Waals surface area contributed by atoms with E-state index in [1.807, 2.05) is 22.6 Å². The molecule has 0 unspecified atom stereocenters. The second-order valence-corrected chi connectivity index (χ2v) is 5.65. The van der Waals surface area contributed by atoms with Gasteiger partial charge in [0.05, 0.1) is 0 Å². The molecule has 16 heavy (non-hydrogen) atoms. The fourth-order valence-corrected chi connectivity index (χ4v) is 1.34. The summed E-state index contributed by atoms with van der Waals surface area (Å²) in [6.07, 6.45) is 0. The fraction of sp³-hybridized carbons (Fsp3) is 0.250. The van der Waals surface area contributed by atoms with Crippen LogP contribution in [0, 0.1) is 3.57 Å². The van der Waals surface area contributed by atoms with Crippen LogP contribution in [-0.2, 0) is 10.1 Å². The Morgan fingerprint density at radius 1 is 1.31 bits per heavy atom. The Labute approximate surface area is 104 Å².